The van der Waals surface area contributed by atoms with Crippen LogP contribution in [0, 0.1) is 0 Å². The molecule has 0 aliphatic heterocycles. The maximum atomic E-state index is 6.13. The maximum absolute atomic E-state index is 6.13. The molecule has 0 saturated heterocycles. The van der Waals surface area contributed by atoms with E-state index in [1.165, 1.54) is 0 Å². The SMILES string of the molecule is COc1cc(CNc2nc3c(N)cccc3c3nc(CCl)nn23)cc(OC)c1. The average molecular weight is 399 g/mol. The van der Waals surface area contributed by atoms with Crippen molar-refractivity contribution in [3.63, 3.8) is 0 Å². The fraction of sp³-hybridized carbons (Fsp3) is 0.211. The normalized spacial score (nSPS) is 11.1. The number of nitrogens with zero attached hydrogens (tertiary/aromatic N) is 4. The predicted octanol–water partition coefficient (Wildman–Crippen LogP) is 3.23. The first-order valence-electron chi connectivity index (χ1n) is 8.58. The van der Waals surface area contributed by atoms with E-state index in [9.17, 15) is 0 Å². The highest BCUT2D eigenvalue weighted by molar-refractivity contribution is 6.16. The molecule has 0 bridgehead atoms. The van der Waals surface area contributed by atoms with Crippen LogP contribution in [0.3, 0.4) is 0 Å². The lowest BCUT2D eigenvalue weighted by Crippen LogP contribution is -2.09. The first-order valence-corrected chi connectivity index (χ1v) is 9.12. The number of anilines is 2. The number of nitrogens with one attached hydrogen (secondary N) is 1. The number of hydrogen-bond acceptors (Lipinski definition) is 7. The van der Waals surface area contributed by atoms with E-state index in [4.69, 9.17) is 26.8 Å². The van der Waals surface area contributed by atoms with E-state index in [1.54, 1.807) is 24.8 Å². The molecular formula is C19H19ClN6O2. The van der Waals surface area contributed by atoms with E-state index >= 15 is 0 Å². The molecular weight excluding hydrogens is 380 g/mol. The van der Waals surface area contributed by atoms with Crippen LogP contribution >= 0.6 is 11.6 Å². The second-order valence-electron chi connectivity index (χ2n) is 6.15. The predicted molar refractivity (Wildman–Crippen MR) is 109 cm³/mol. The summed E-state index contributed by atoms with van der Waals surface area (Å²) in [7, 11) is 3.23. The number of halogens is 1. The van der Waals surface area contributed by atoms with Gasteiger partial charge in [0.1, 0.15) is 17.0 Å². The Balaban J connectivity index is 1.77. The van der Waals surface area contributed by atoms with Crippen molar-refractivity contribution in [3.05, 3.63) is 47.8 Å². The Hall–Kier alpha value is -3.26. The Kier molecular flexibility index (Phi) is 4.79. The number of rotatable bonds is 6. The van der Waals surface area contributed by atoms with Crippen molar-refractivity contribution in [2.45, 2.75) is 12.4 Å². The van der Waals surface area contributed by atoms with Crippen LogP contribution in [-0.2, 0) is 12.4 Å². The number of methoxy groups -OCH3 is 2. The number of para-hydroxylation sites is 1. The highest BCUT2D eigenvalue weighted by Gasteiger charge is 2.14. The third kappa shape index (κ3) is 3.22. The first kappa shape index (κ1) is 18.1. The summed E-state index contributed by atoms with van der Waals surface area (Å²) in [5, 5.41) is 8.57. The number of hydrogen-bond donors (Lipinski definition) is 2. The van der Waals surface area contributed by atoms with Crippen LogP contribution in [-0.4, -0.2) is 33.8 Å². The summed E-state index contributed by atoms with van der Waals surface area (Å²) in [6.45, 7) is 0.476. The van der Waals surface area contributed by atoms with Crippen molar-refractivity contribution in [2.24, 2.45) is 0 Å². The summed E-state index contributed by atoms with van der Waals surface area (Å²) in [6.07, 6.45) is 0. The van der Waals surface area contributed by atoms with E-state index in [-0.39, 0.29) is 5.88 Å². The zero-order chi connectivity index (χ0) is 19.7. The monoisotopic (exact) mass is 398 g/mol. The van der Waals surface area contributed by atoms with Gasteiger partial charge in [0.15, 0.2) is 11.5 Å². The summed E-state index contributed by atoms with van der Waals surface area (Å²) in [5.74, 6) is 2.66. The Morgan fingerprint density at radius 3 is 2.54 bits per heavy atom. The summed E-state index contributed by atoms with van der Waals surface area (Å²) in [5.41, 5.74) is 8.98. The third-order valence-corrected chi connectivity index (χ3v) is 4.60. The van der Waals surface area contributed by atoms with Crippen LogP contribution in [0.1, 0.15) is 11.4 Å². The topological polar surface area (TPSA) is 99.6 Å². The van der Waals surface area contributed by atoms with Gasteiger partial charge in [-0.05, 0) is 29.8 Å². The number of nitrogen functional groups attached to an aromatic ring is 1. The third-order valence-electron chi connectivity index (χ3n) is 4.36. The van der Waals surface area contributed by atoms with Crippen molar-refractivity contribution in [1.82, 2.24) is 19.6 Å². The lowest BCUT2D eigenvalue weighted by molar-refractivity contribution is 0.393. The zero-order valence-electron chi connectivity index (χ0n) is 15.4. The zero-order valence-corrected chi connectivity index (χ0v) is 16.2. The van der Waals surface area contributed by atoms with Crippen LogP contribution < -0.4 is 20.5 Å². The second-order valence-corrected chi connectivity index (χ2v) is 6.42. The van der Waals surface area contributed by atoms with Gasteiger partial charge in [0.25, 0.3) is 0 Å². The number of fused-ring (bicyclic) bond motifs is 3. The van der Waals surface area contributed by atoms with Gasteiger partial charge in [0, 0.05) is 18.0 Å². The van der Waals surface area contributed by atoms with Gasteiger partial charge < -0.3 is 20.5 Å². The van der Waals surface area contributed by atoms with Crippen molar-refractivity contribution in [1.29, 1.82) is 0 Å². The molecule has 0 aliphatic rings. The molecule has 9 heteroatoms. The molecule has 0 radical (unpaired) electrons. The highest BCUT2D eigenvalue weighted by Crippen LogP contribution is 2.26. The van der Waals surface area contributed by atoms with Crippen molar-refractivity contribution in [3.8, 4) is 11.5 Å². The van der Waals surface area contributed by atoms with E-state index in [0.29, 0.717) is 46.7 Å². The van der Waals surface area contributed by atoms with E-state index in [1.807, 2.05) is 30.3 Å². The quantitative estimate of drug-likeness (QED) is 0.380. The van der Waals surface area contributed by atoms with Crippen molar-refractivity contribution < 1.29 is 9.47 Å². The molecule has 2 aromatic carbocycles. The molecule has 0 amide bonds. The lowest BCUT2D eigenvalue weighted by Gasteiger charge is -2.12. The van der Waals surface area contributed by atoms with Gasteiger partial charge in [-0.1, -0.05) is 6.07 Å². The largest absolute Gasteiger partial charge is 0.497 e. The Labute approximate surface area is 166 Å². The van der Waals surface area contributed by atoms with Gasteiger partial charge in [-0.15, -0.1) is 16.7 Å². The molecule has 0 aliphatic carbocycles. The number of ether oxygens (including phenoxy) is 2. The van der Waals surface area contributed by atoms with Gasteiger partial charge in [-0.2, -0.15) is 4.52 Å². The molecule has 2 heterocycles. The standard InChI is InChI=1S/C19H19ClN6O2/c1-27-12-6-11(7-13(8-12)28-2)10-22-19-24-17-14(4-3-5-15(17)21)18-23-16(9-20)25-26(18)19/h3-8H,9-10,21H2,1-2H3,(H,22,24). The van der Waals surface area contributed by atoms with Crippen molar-refractivity contribution >= 4 is 39.8 Å². The summed E-state index contributed by atoms with van der Waals surface area (Å²) in [4.78, 5) is 9.18. The molecule has 2 aromatic heterocycles. The van der Waals surface area contributed by atoms with Gasteiger partial charge in [0.2, 0.25) is 5.95 Å². The van der Waals surface area contributed by atoms with Gasteiger partial charge in [-0.25, -0.2) is 9.97 Å². The smallest absolute Gasteiger partial charge is 0.226 e. The highest BCUT2D eigenvalue weighted by atomic mass is 35.5. The summed E-state index contributed by atoms with van der Waals surface area (Å²) in [6, 6.07) is 11.3. The van der Waals surface area contributed by atoms with Gasteiger partial charge >= 0.3 is 0 Å². The number of nitrogens with two attached hydrogens (primary N) is 1. The molecule has 0 unspecified atom stereocenters. The number of aromatic nitrogens is 4. The molecule has 0 spiro atoms. The van der Waals surface area contributed by atoms with E-state index in [2.05, 4.69) is 20.4 Å². The second kappa shape index (κ2) is 7.40. The minimum absolute atomic E-state index is 0.206. The Morgan fingerprint density at radius 2 is 1.86 bits per heavy atom. The fourth-order valence-electron chi connectivity index (χ4n) is 3.02. The van der Waals surface area contributed by atoms with Crippen LogP contribution in [0.15, 0.2) is 36.4 Å². The average Bonchev–Trinajstić information content (AvgIpc) is 3.17. The Morgan fingerprint density at radius 1 is 1.11 bits per heavy atom. The Bertz CT molecular complexity index is 1140. The lowest BCUT2D eigenvalue weighted by atomic mass is 10.2. The molecule has 0 atom stereocenters. The minimum Gasteiger partial charge on any atom is -0.497 e. The van der Waals surface area contributed by atoms with Crippen molar-refractivity contribution in [2.75, 3.05) is 25.3 Å². The molecule has 4 rings (SSSR count). The first-order chi connectivity index (χ1) is 13.6. The van der Waals surface area contributed by atoms with E-state index < -0.39 is 0 Å². The van der Waals surface area contributed by atoms with E-state index in [0.717, 1.165) is 10.9 Å². The molecule has 0 fully saturated rings. The molecule has 3 N–H and O–H groups in total. The minimum atomic E-state index is 0.206. The molecule has 144 valence electrons. The summed E-state index contributed by atoms with van der Waals surface area (Å²) >= 11 is 5.94. The van der Waals surface area contributed by atoms with Crippen LogP contribution in [0.5, 0.6) is 11.5 Å². The molecule has 8 nitrogen and oxygen atoms in total. The molecule has 4 aromatic rings. The van der Waals surface area contributed by atoms with Crippen LogP contribution in [0.4, 0.5) is 11.6 Å². The maximum Gasteiger partial charge on any atom is 0.226 e. The van der Waals surface area contributed by atoms with Crippen LogP contribution in [0.2, 0.25) is 0 Å². The fourth-order valence-corrected chi connectivity index (χ4v) is 3.13. The van der Waals surface area contributed by atoms with Gasteiger partial charge in [-0.3, -0.25) is 0 Å². The number of benzene rings is 2. The summed E-state index contributed by atoms with van der Waals surface area (Å²) < 4.78 is 12.3. The van der Waals surface area contributed by atoms with Gasteiger partial charge in [0.05, 0.1) is 25.8 Å². The van der Waals surface area contributed by atoms with Crippen LogP contribution in [0.25, 0.3) is 16.6 Å². The molecule has 0 saturated carbocycles. The number of alkyl halides is 1. The molecule has 28 heavy (non-hydrogen) atoms.